The third-order valence-corrected chi connectivity index (χ3v) is 8.09. The molecule has 0 aliphatic heterocycles. The number of esters is 1. The first kappa shape index (κ1) is 26.7. The number of ether oxygens (including phenoxy) is 1. The first-order valence-corrected chi connectivity index (χ1v) is 14.2. The first-order chi connectivity index (χ1) is 18.0. The van der Waals surface area contributed by atoms with Gasteiger partial charge in [-0.05, 0) is 74.2 Å². The molecule has 0 bridgehead atoms. The number of thiophene rings is 1. The zero-order chi connectivity index (χ0) is 26.2. The van der Waals surface area contributed by atoms with E-state index in [9.17, 15) is 4.79 Å². The normalized spacial score (nSPS) is 11.9. The highest BCUT2D eigenvalue weighted by Crippen LogP contribution is 2.36. The summed E-state index contributed by atoms with van der Waals surface area (Å²) in [6.07, 6.45) is 5.24. The number of aryl methyl sites for hydroxylation is 1. The highest BCUT2D eigenvalue weighted by atomic mass is 32.1. The van der Waals surface area contributed by atoms with Crippen LogP contribution in [0.25, 0.3) is 21.2 Å². The van der Waals surface area contributed by atoms with E-state index in [0.717, 1.165) is 58.0 Å². The Balaban J connectivity index is 1.51. The molecule has 0 unspecified atom stereocenters. The Kier molecular flexibility index (Phi) is 9.19. The molecule has 0 aliphatic rings. The van der Waals surface area contributed by atoms with Gasteiger partial charge >= 0.3 is 5.97 Å². The van der Waals surface area contributed by atoms with Crippen LogP contribution in [0.4, 0.5) is 16.5 Å². The second-order valence-corrected chi connectivity index (χ2v) is 10.6. The number of benzene rings is 2. The van der Waals surface area contributed by atoms with Crippen molar-refractivity contribution >= 4 is 66.3 Å². The van der Waals surface area contributed by atoms with Gasteiger partial charge in [-0.1, -0.05) is 48.9 Å². The van der Waals surface area contributed by atoms with Crippen molar-refractivity contribution in [2.45, 2.75) is 40.0 Å². The van der Waals surface area contributed by atoms with Crippen LogP contribution in [0.3, 0.4) is 0 Å². The molecule has 192 valence electrons. The standard InChI is InChI=1S/C29H32N4O2S2/c1-5-8-9-20-10-12-21(13-11-20)25(28(34)35-4)18-24-19-26-27(36-24)30-29(37-26)32-31-22-14-16-23(17-15-22)33(6-2)7-3/h10-19H,5-9H2,1-4H3/b25-18-,32-31?. The number of aromatic nitrogens is 1. The van der Waals surface area contributed by atoms with Crippen LogP contribution in [0.2, 0.25) is 0 Å². The summed E-state index contributed by atoms with van der Waals surface area (Å²) >= 11 is 3.01. The Morgan fingerprint density at radius 2 is 1.73 bits per heavy atom. The smallest absolute Gasteiger partial charge is 0.338 e. The van der Waals surface area contributed by atoms with Crippen LogP contribution in [-0.4, -0.2) is 31.2 Å². The number of carbonyl (C=O) groups is 1. The van der Waals surface area contributed by atoms with Gasteiger partial charge in [0.2, 0.25) is 5.13 Å². The van der Waals surface area contributed by atoms with Crippen molar-refractivity contribution in [2.75, 3.05) is 25.1 Å². The van der Waals surface area contributed by atoms with E-state index in [1.807, 2.05) is 36.4 Å². The van der Waals surface area contributed by atoms with Crippen molar-refractivity contribution in [2.24, 2.45) is 10.2 Å². The van der Waals surface area contributed by atoms with Crippen molar-refractivity contribution in [3.05, 3.63) is 70.6 Å². The van der Waals surface area contributed by atoms with Crippen LogP contribution in [0.1, 0.15) is 49.6 Å². The van der Waals surface area contributed by atoms with E-state index in [1.54, 1.807) is 0 Å². The highest BCUT2D eigenvalue weighted by molar-refractivity contribution is 7.29. The van der Waals surface area contributed by atoms with E-state index in [2.05, 4.69) is 65.1 Å². The van der Waals surface area contributed by atoms with Gasteiger partial charge in [-0.25, -0.2) is 9.78 Å². The molecule has 8 heteroatoms. The lowest BCUT2D eigenvalue weighted by Gasteiger charge is -2.20. The van der Waals surface area contributed by atoms with E-state index in [-0.39, 0.29) is 5.97 Å². The van der Waals surface area contributed by atoms with Crippen molar-refractivity contribution in [3.63, 3.8) is 0 Å². The molecule has 0 fully saturated rings. The minimum Gasteiger partial charge on any atom is -0.465 e. The topological polar surface area (TPSA) is 67.2 Å². The Morgan fingerprint density at radius 1 is 1.00 bits per heavy atom. The second kappa shape index (κ2) is 12.7. The molecule has 6 nitrogen and oxygen atoms in total. The fraction of sp³-hybridized carbons (Fsp3) is 0.310. The molecular weight excluding hydrogens is 500 g/mol. The Hall–Kier alpha value is -3.36. The summed E-state index contributed by atoms with van der Waals surface area (Å²) in [5.74, 6) is -0.354. The number of hydrogen-bond donors (Lipinski definition) is 0. The zero-order valence-electron chi connectivity index (χ0n) is 21.7. The third-order valence-electron chi connectivity index (χ3n) is 6.10. The summed E-state index contributed by atoms with van der Waals surface area (Å²) < 4.78 is 6.09. The van der Waals surface area contributed by atoms with E-state index >= 15 is 0 Å². The van der Waals surface area contributed by atoms with Crippen molar-refractivity contribution < 1.29 is 9.53 Å². The van der Waals surface area contributed by atoms with Crippen LogP contribution in [0.5, 0.6) is 0 Å². The maximum atomic E-state index is 12.6. The largest absolute Gasteiger partial charge is 0.465 e. The fourth-order valence-corrected chi connectivity index (χ4v) is 6.00. The Labute approximate surface area is 226 Å². The van der Waals surface area contributed by atoms with Crippen LogP contribution in [0, 0.1) is 0 Å². The zero-order valence-corrected chi connectivity index (χ0v) is 23.4. The summed E-state index contributed by atoms with van der Waals surface area (Å²) in [6, 6.07) is 18.3. The lowest BCUT2D eigenvalue weighted by molar-refractivity contribution is -0.133. The molecule has 0 spiro atoms. The molecular formula is C29H32N4O2S2. The number of fused-ring (bicyclic) bond motifs is 1. The number of thiazole rings is 1. The van der Waals surface area contributed by atoms with Crippen LogP contribution >= 0.6 is 22.7 Å². The number of nitrogens with zero attached hydrogens (tertiary/aromatic N) is 4. The molecule has 0 radical (unpaired) electrons. The van der Waals surface area contributed by atoms with Crippen molar-refractivity contribution in [3.8, 4) is 0 Å². The van der Waals surface area contributed by atoms with Gasteiger partial charge in [-0.2, -0.15) is 0 Å². The maximum Gasteiger partial charge on any atom is 0.338 e. The Bertz CT molecular complexity index is 1350. The highest BCUT2D eigenvalue weighted by Gasteiger charge is 2.15. The molecule has 0 saturated heterocycles. The molecule has 0 N–H and O–H groups in total. The fourth-order valence-electron chi connectivity index (χ4n) is 4.02. The molecule has 37 heavy (non-hydrogen) atoms. The van der Waals surface area contributed by atoms with E-state index in [4.69, 9.17) is 4.74 Å². The van der Waals surface area contributed by atoms with Gasteiger partial charge in [0.05, 0.1) is 23.1 Å². The minimum atomic E-state index is -0.354. The van der Waals surface area contributed by atoms with Crippen LogP contribution < -0.4 is 4.90 Å². The number of anilines is 1. The first-order valence-electron chi connectivity index (χ1n) is 12.6. The number of carbonyl (C=O) groups excluding carboxylic acids is 1. The Morgan fingerprint density at radius 3 is 2.35 bits per heavy atom. The van der Waals surface area contributed by atoms with E-state index < -0.39 is 0 Å². The monoisotopic (exact) mass is 532 g/mol. The van der Waals surface area contributed by atoms with Crippen molar-refractivity contribution in [1.29, 1.82) is 0 Å². The molecule has 0 amide bonds. The van der Waals surface area contributed by atoms with Gasteiger partial charge in [-0.15, -0.1) is 21.6 Å². The van der Waals surface area contributed by atoms with Gasteiger partial charge in [0, 0.05) is 23.7 Å². The van der Waals surface area contributed by atoms with E-state index in [0.29, 0.717) is 10.7 Å². The molecule has 0 saturated carbocycles. The number of unbranched alkanes of at least 4 members (excludes halogenated alkanes) is 1. The lowest BCUT2D eigenvalue weighted by atomic mass is 10.0. The van der Waals surface area contributed by atoms with Crippen molar-refractivity contribution in [1.82, 2.24) is 4.98 Å². The van der Waals surface area contributed by atoms with Crippen LogP contribution in [-0.2, 0) is 16.0 Å². The predicted molar refractivity (Wildman–Crippen MR) is 157 cm³/mol. The summed E-state index contributed by atoms with van der Waals surface area (Å²) in [4.78, 5) is 21.3. The van der Waals surface area contributed by atoms with E-state index in [1.165, 1.54) is 41.0 Å². The molecule has 0 atom stereocenters. The molecule has 2 aromatic carbocycles. The lowest BCUT2D eigenvalue weighted by Crippen LogP contribution is -2.21. The summed E-state index contributed by atoms with van der Waals surface area (Å²) in [7, 11) is 1.41. The summed E-state index contributed by atoms with van der Waals surface area (Å²) in [5.41, 5.74) is 4.63. The number of rotatable bonds is 11. The summed E-state index contributed by atoms with van der Waals surface area (Å²) in [6.45, 7) is 8.42. The third kappa shape index (κ3) is 6.70. The number of hydrogen-bond acceptors (Lipinski definition) is 8. The average Bonchev–Trinajstić information content (AvgIpc) is 3.49. The quantitative estimate of drug-likeness (QED) is 0.110. The maximum absolute atomic E-state index is 12.6. The molecule has 2 heterocycles. The molecule has 4 rings (SSSR count). The summed E-state index contributed by atoms with van der Waals surface area (Å²) in [5, 5.41) is 9.32. The van der Waals surface area contributed by atoms with Crippen LogP contribution in [0.15, 0.2) is 64.8 Å². The van der Waals surface area contributed by atoms with Gasteiger partial charge in [0.25, 0.3) is 0 Å². The molecule has 0 aliphatic carbocycles. The SMILES string of the molecule is CCCCc1ccc(/C(=C/c2cc3sc(N=Nc4ccc(N(CC)CC)cc4)nc3s2)C(=O)OC)cc1. The molecule has 4 aromatic rings. The van der Waals surface area contributed by atoms with Gasteiger partial charge in [0.15, 0.2) is 0 Å². The van der Waals surface area contributed by atoms with Gasteiger partial charge in [0.1, 0.15) is 4.83 Å². The molecule has 2 aromatic heterocycles. The number of azo groups is 1. The predicted octanol–water partition coefficient (Wildman–Crippen LogP) is 8.68. The second-order valence-electron chi connectivity index (χ2n) is 8.55. The van der Waals surface area contributed by atoms with Gasteiger partial charge < -0.3 is 9.64 Å². The van der Waals surface area contributed by atoms with Gasteiger partial charge in [-0.3, -0.25) is 0 Å². The average molecular weight is 533 g/mol. The number of methoxy groups -OCH3 is 1. The minimum absolute atomic E-state index is 0.354.